The lowest BCUT2D eigenvalue weighted by molar-refractivity contribution is -0.118. The van der Waals surface area contributed by atoms with Crippen molar-refractivity contribution in [1.29, 1.82) is 0 Å². The van der Waals surface area contributed by atoms with Crippen molar-refractivity contribution in [3.63, 3.8) is 0 Å². The third-order valence-electron chi connectivity index (χ3n) is 6.04. The van der Waals surface area contributed by atoms with Crippen LogP contribution in [0.2, 0.25) is 0 Å². The summed E-state index contributed by atoms with van der Waals surface area (Å²) < 4.78 is 16.2. The number of carbonyl (C=O) groups excluding carboxylic acids is 1. The molecular formula is C24H28FN3O2. The number of halogens is 1. The van der Waals surface area contributed by atoms with Gasteiger partial charge in [0.2, 0.25) is 5.91 Å². The maximum absolute atomic E-state index is 13.9. The van der Waals surface area contributed by atoms with Crippen LogP contribution >= 0.6 is 0 Å². The summed E-state index contributed by atoms with van der Waals surface area (Å²) in [7, 11) is 0. The highest BCUT2D eigenvalue weighted by Crippen LogP contribution is 2.32. The van der Waals surface area contributed by atoms with Crippen LogP contribution < -0.4 is 5.32 Å². The van der Waals surface area contributed by atoms with Crippen LogP contribution in [0.15, 0.2) is 48.5 Å². The maximum atomic E-state index is 13.9. The topological polar surface area (TPSA) is 57.5 Å². The van der Waals surface area contributed by atoms with Gasteiger partial charge >= 0.3 is 0 Å². The summed E-state index contributed by atoms with van der Waals surface area (Å²) in [5, 5.41) is 12.9. The Hall–Kier alpha value is -2.70. The molecule has 4 rings (SSSR count). The van der Waals surface area contributed by atoms with Crippen molar-refractivity contribution in [3.8, 4) is 0 Å². The van der Waals surface area contributed by atoms with Crippen LogP contribution in [0.5, 0.6) is 0 Å². The first-order valence-corrected chi connectivity index (χ1v) is 10.5. The molecule has 0 aliphatic carbocycles. The van der Waals surface area contributed by atoms with Crippen LogP contribution in [0.1, 0.15) is 30.1 Å². The molecule has 5 nitrogen and oxygen atoms in total. The van der Waals surface area contributed by atoms with Crippen LogP contribution in [0, 0.1) is 12.7 Å². The van der Waals surface area contributed by atoms with Crippen LogP contribution in [-0.2, 0) is 11.2 Å². The van der Waals surface area contributed by atoms with E-state index in [1.165, 1.54) is 11.8 Å². The van der Waals surface area contributed by atoms with Gasteiger partial charge in [-0.05, 0) is 56.0 Å². The molecule has 1 aliphatic heterocycles. The number of piperidine rings is 1. The molecule has 2 heterocycles. The number of nitrogens with one attached hydrogen (secondary N) is 1. The minimum Gasteiger partial charge on any atom is -0.387 e. The fourth-order valence-electron chi connectivity index (χ4n) is 4.50. The summed E-state index contributed by atoms with van der Waals surface area (Å²) in [6, 6.07) is 15.5. The smallest absolute Gasteiger partial charge is 0.250 e. The summed E-state index contributed by atoms with van der Waals surface area (Å²) in [6.07, 6.45) is 2.81. The van der Waals surface area contributed by atoms with E-state index in [0.29, 0.717) is 11.7 Å². The largest absolute Gasteiger partial charge is 0.387 e. The Morgan fingerprint density at radius 2 is 1.93 bits per heavy atom. The highest BCUT2D eigenvalue weighted by atomic mass is 19.1. The molecule has 6 heteroatoms. The molecule has 3 aromatic rings. The molecule has 0 spiro atoms. The summed E-state index contributed by atoms with van der Waals surface area (Å²) in [5.74, 6) is -0.529. The third kappa shape index (κ3) is 4.40. The third-order valence-corrected chi connectivity index (χ3v) is 6.04. The average Bonchev–Trinajstić information content (AvgIpc) is 3.08. The van der Waals surface area contributed by atoms with E-state index in [1.54, 1.807) is 6.07 Å². The van der Waals surface area contributed by atoms with Gasteiger partial charge in [-0.25, -0.2) is 4.39 Å². The lowest BCUT2D eigenvalue weighted by atomic mass is 10.0. The first kappa shape index (κ1) is 20.6. The average molecular weight is 410 g/mol. The van der Waals surface area contributed by atoms with Gasteiger partial charge in [0.25, 0.3) is 0 Å². The minimum atomic E-state index is -0.524. The van der Waals surface area contributed by atoms with E-state index in [9.17, 15) is 9.18 Å². The Morgan fingerprint density at radius 3 is 2.67 bits per heavy atom. The Balaban J connectivity index is 1.43. The van der Waals surface area contributed by atoms with Crippen LogP contribution in [0.4, 0.5) is 10.1 Å². The minimum absolute atomic E-state index is 0.120. The predicted molar refractivity (Wildman–Crippen MR) is 117 cm³/mol. The molecular weight excluding hydrogens is 381 g/mol. The van der Waals surface area contributed by atoms with E-state index >= 15 is 0 Å². The van der Waals surface area contributed by atoms with E-state index in [1.807, 2.05) is 30.3 Å². The number of aromatic nitrogens is 1. The summed E-state index contributed by atoms with van der Waals surface area (Å²) in [4.78, 5) is 13.9. The number of fused-ring (bicyclic) bond motifs is 1. The van der Waals surface area contributed by atoms with Crippen molar-refractivity contribution in [2.24, 2.45) is 0 Å². The zero-order valence-electron chi connectivity index (χ0n) is 17.3. The second kappa shape index (κ2) is 8.98. The van der Waals surface area contributed by atoms with Crippen molar-refractivity contribution in [3.05, 3.63) is 65.6 Å². The molecule has 158 valence electrons. The normalized spacial score (nSPS) is 15.6. The molecule has 2 N–H and O–H groups in total. The zero-order chi connectivity index (χ0) is 21.1. The van der Waals surface area contributed by atoms with Gasteiger partial charge < -0.3 is 19.9 Å². The number of hydrogen-bond donors (Lipinski definition) is 2. The van der Waals surface area contributed by atoms with Crippen molar-refractivity contribution in [1.82, 2.24) is 9.47 Å². The number of likely N-dealkylation sites (tertiary alicyclic amines) is 1. The van der Waals surface area contributed by atoms with E-state index in [4.69, 9.17) is 5.11 Å². The predicted octanol–water partition coefficient (Wildman–Crippen LogP) is 3.90. The Labute approximate surface area is 176 Å². The van der Waals surface area contributed by atoms with E-state index < -0.39 is 12.5 Å². The first-order chi connectivity index (χ1) is 14.5. The second-order valence-corrected chi connectivity index (χ2v) is 8.05. The number of rotatable bonds is 6. The van der Waals surface area contributed by atoms with E-state index in [0.717, 1.165) is 55.4 Å². The molecule has 0 saturated carbocycles. The molecule has 0 bridgehead atoms. The number of amides is 1. The number of aryl methyl sites for hydroxylation is 1. The number of aliphatic hydroxyl groups excluding tert-OH is 1. The number of anilines is 1. The molecule has 0 atom stereocenters. The zero-order valence-corrected chi connectivity index (χ0v) is 17.3. The van der Waals surface area contributed by atoms with Crippen molar-refractivity contribution >= 4 is 22.5 Å². The highest BCUT2D eigenvalue weighted by molar-refractivity contribution is 5.94. The van der Waals surface area contributed by atoms with Gasteiger partial charge in [-0.1, -0.05) is 24.3 Å². The fourth-order valence-corrected chi connectivity index (χ4v) is 4.50. The lowest BCUT2D eigenvalue weighted by Gasteiger charge is -2.34. The second-order valence-electron chi connectivity index (χ2n) is 8.05. The van der Waals surface area contributed by atoms with Gasteiger partial charge in [0, 0.05) is 42.4 Å². The summed E-state index contributed by atoms with van der Waals surface area (Å²) >= 11 is 0. The number of carbonyl (C=O) groups is 1. The number of benzene rings is 2. The van der Waals surface area contributed by atoms with Gasteiger partial charge in [0.15, 0.2) is 0 Å². The van der Waals surface area contributed by atoms with Crippen molar-refractivity contribution in [2.75, 3.05) is 31.6 Å². The lowest BCUT2D eigenvalue weighted by Crippen LogP contribution is -2.36. The fraction of sp³-hybridized carbons (Fsp3) is 0.375. The van der Waals surface area contributed by atoms with Gasteiger partial charge in [-0.3, -0.25) is 4.79 Å². The molecule has 0 radical (unpaired) electrons. The van der Waals surface area contributed by atoms with Gasteiger partial charge in [-0.2, -0.15) is 0 Å². The number of nitrogens with zero attached hydrogens (tertiary/aromatic N) is 2. The van der Waals surface area contributed by atoms with E-state index in [2.05, 4.69) is 27.8 Å². The first-order valence-electron chi connectivity index (χ1n) is 10.5. The Kier molecular flexibility index (Phi) is 6.16. The van der Waals surface area contributed by atoms with Crippen molar-refractivity contribution in [2.45, 2.75) is 32.2 Å². The van der Waals surface area contributed by atoms with Crippen molar-refractivity contribution < 1.29 is 14.3 Å². The molecule has 1 aliphatic rings. The SMILES string of the molecule is Cc1cc2ccc(NC(=O)CO)cc2n1C1CCN(CCc2ccccc2F)CC1. The quantitative estimate of drug-likeness (QED) is 0.649. The molecule has 1 aromatic heterocycles. The molecule has 1 saturated heterocycles. The molecule has 2 aromatic carbocycles. The molecule has 30 heavy (non-hydrogen) atoms. The number of hydrogen-bond acceptors (Lipinski definition) is 3. The Morgan fingerprint density at radius 1 is 1.17 bits per heavy atom. The van der Waals surface area contributed by atoms with Gasteiger partial charge in [-0.15, -0.1) is 0 Å². The summed E-state index contributed by atoms with van der Waals surface area (Å²) in [6.45, 7) is 4.44. The molecule has 0 unspecified atom stereocenters. The maximum Gasteiger partial charge on any atom is 0.250 e. The summed E-state index contributed by atoms with van der Waals surface area (Å²) in [5.41, 5.74) is 3.79. The highest BCUT2D eigenvalue weighted by Gasteiger charge is 2.23. The van der Waals surface area contributed by atoms with Crippen LogP contribution in [0.3, 0.4) is 0 Å². The van der Waals surface area contributed by atoms with E-state index in [-0.39, 0.29) is 5.82 Å². The monoisotopic (exact) mass is 409 g/mol. The Bertz CT molecular complexity index is 1040. The molecule has 1 fully saturated rings. The molecule has 1 amide bonds. The van der Waals surface area contributed by atoms with Crippen LogP contribution in [-0.4, -0.2) is 46.7 Å². The standard InChI is InChI=1S/C24H28FN3O2/c1-17-14-19-6-7-20(26-24(30)16-29)15-23(19)28(17)21-9-12-27(13-10-21)11-8-18-4-2-3-5-22(18)25/h2-7,14-15,21,29H,8-13,16H2,1H3,(H,26,30). The number of aliphatic hydroxyl groups is 1. The van der Waals surface area contributed by atoms with Gasteiger partial charge in [0.05, 0.1) is 5.52 Å². The van der Waals surface area contributed by atoms with Gasteiger partial charge in [0.1, 0.15) is 12.4 Å². The van der Waals surface area contributed by atoms with Crippen LogP contribution in [0.25, 0.3) is 10.9 Å².